The lowest BCUT2D eigenvalue weighted by Crippen LogP contribution is -2.47. The number of nitrogens with one attached hydrogen (secondary N) is 1. The SMILES string of the molecule is CCn1c(SCC(=O)NC(C)(C#N)C2CC2)nnc1-c1cccc(S(=O)(=O)N2CCCC2)c1. The van der Waals surface area contributed by atoms with E-state index in [1.165, 1.54) is 16.1 Å². The first-order valence-electron chi connectivity index (χ1n) is 11.2. The molecule has 1 unspecified atom stereocenters. The van der Waals surface area contributed by atoms with Crippen molar-refractivity contribution in [2.24, 2.45) is 5.92 Å². The van der Waals surface area contributed by atoms with Crippen molar-refractivity contribution >= 4 is 27.7 Å². The molecule has 0 spiro atoms. The molecule has 2 heterocycles. The molecule has 1 aromatic carbocycles. The van der Waals surface area contributed by atoms with E-state index in [4.69, 9.17) is 0 Å². The Morgan fingerprint density at radius 1 is 1.30 bits per heavy atom. The Morgan fingerprint density at radius 3 is 2.67 bits per heavy atom. The van der Waals surface area contributed by atoms with Crippen LogP contribution in [0.15, 0.2) is 34.3 Å². The average Bonchev–Trinajstić information content (AvgIpc) is 3.37. The van der Waals surface area contributed by atoms with Crippen LogP contribution in [0.3, 0.4) is 0 Å². The molecule has 2 fully saturated rings. The molecule has 1 saturated heterocycles. The normalized spacial score (nSPS) is 18.6. The average molecular weight is 489 g/mol. The third-order valence-corrected chi connectivity index (χ3v) is 9.05. The second-order valence-electron chi connectivity index (χ2n) is 8.61. The number of sulfonamides is 1. The monoisotopic (exact) mass is 488 g/mol. The summed E-state index contributed by atoms with van der Waals surface area (Å²) in [6.07, 6.45) is 3.67. The number of nitrogens with zero attached hydrogens (tertiary/aromatic N) is 5. The van der Waals surface area contributed by atoms with Crippen molar-refractivity contribution in [2.45, 2.75) is 61.7 Å². The highest BCUT2D eigenvalue weighted by atomic mass is 32.2. The van der Waals surface area contributed by atoms with Gasteiger partial charge in [-0.2, -0.15) is 9.57 Å². The van der Waals surface area contributed by atoms with Crippen LogP contribution in [0, 0.1) is 17.2 Å². The van der Waals surface area contributed by atoms with E-state index < -0.39 is 15.6 Å². The predicted molar refractivity (Wildman–Crippen MR) is 125 cm³/mol. The molecule has 0 bridgehead atoms. The van der Waals surface area contributed by atoms with Crippen LogP contribution < -0.4 is 5.32 Å². The maximum absolute atomic E-state index is 13.0. The maximum Gasteiger partial charge on any atom is 0.243 e. The number of hydrogen-bond donors (Lipinski definition) is 1. The zero-order valence-electron chi connectivity index (χ0n) is 18.8. The standard InChI is InChI=1S/C22H28N6O3S2/c1-3-28-20(16-7-6-8-18(13-16)33(30,31)27-11-4-5-12-27)25-26-21(28)32-14-19(29)24-22(2,15-23)17-9-10-17/h6-8,13,17H,3-5,9-12,14H2,1-2H3,(H,24,29). The van der Waals surface area contributed by atoms with Gasteiger partial charge in [0.25, 0.3) is 0 Å². The summed E-state index contributed by atoms with van der Waals surface area (Å²) >= 11 is 1.25. The van der Waals surface area contributed by atoms with Gasteiger partial charge in [0.05, 0.1) is 16.7 Å². The van der Waals surface area contributed by atoms with Crippen molar-refractivity contribution < 1.29 is 13.2 Å². The molecule has 2 aromatic rings. The van der Waals surface area contributed by atoms with E-state index in [1.54, 1.807) is 25.1 Å². The summed E-state index contributed by atoms with van der Waals surface area (Å²) in [5.41, 5.74) is -0.172. The second-order valence-corrected chi connectivity index (χ2v) is 11.5. The smallest absolute Gasteiger partial charge is 0.243 e. The minimum Gasteiger partial charge on any atom is -0.337 e. The van der Waals surface area contributed by atoms with Gasteiger partial charge in [-0.1, -0.05) is 23.9 Å². The van der Waals surface area contributed by atoms with E-state index in [2.05, 4.69) is 21.6 Å². The molecule has 1 saturated carbocycles. The van der Waals surface area contributed by atoms with E-state index >= 15 is 0 Å². The molecule has 1 aromatic heterocycles. The zero-order valence-corrected chi connectivity index (χ0v) is 20.5. The minimum atomic E-state index is -3.53. The van der Waals surface area contributed by atoms with Crippen LogP contribution in [-0.2, 0) is 21.4 Å². The first-order valence-corrected chi connectivity index (χ1v) is 13.6. The fraction of sp³-hybridized carbons (Fsp3) is 0.545. The quantitative estimate of drug-likeness (QED) is 0.539. The number of amides is 1. The fourth-order valence-electron chi connectivity index (χ4n) is 4.11. The second kappa shape index (κ2) is 9.44. The molecule has 33 heavy (non-hydrogen) atoms. The summed E-state index contributed by atoms with van der Waals surface area (Å²) in [5.74, 6) is 0.665. The van der Waals surface area contributed by atoms with Crippen LogP contribution in [0.25, 0.3) is 11.4 Å². The van der Waals surface area contributed by atoms with E-state index in [-0.39, 0.29) is 22.5 Å². The number of carbonyl (C=O) groups excluding carboxylic acids is 1. The maximum atomic E-state index is 13.0. The predicted octanol–water partition coefficient (Wildman–Crippen LogP) is 2.65. The van der Waals surface area contributed by atoms with Gasteiger partial charge in [0.2, 0.25) is 15.9 Å². The van der Waals surface area contributed by atoms with Gasteiger partial charge in [-0.3, -0.25) is 4.79 Å². The molecule has 1 atom stereocenters. The lowest BCUT2D eigenvalue weighted by Gasteiger charge is -2.22. The van der Waals surface area contributed by atoms with Gasteiger partial charge < -0.3 is 9.88 Å². The molecule has 1 N–H and O–H groups in total. The van der Waals surface area contributed by atoms with Crippen LogP contribution in [-0.4, -0.2) is 57.8 Å². The fourth-order valence-corrected chi connectivity index (χ4v) is 6.47. The first kappa shape index (κ1) is 23.7. The third-order valence-electron chi connectivity index (χ3n) is 6.19. The van der Waals surface area contributed by atoms with Gasteiger partial charge in [-0.25, -0.2) is 8.42 Å². The highest BCUT2D eigenvalue weighted by Gasteiger charge is 2.43. The van der Waals surface area contributed by atoms with Crippen molar-refractivity contribution in [1.29, 1.82) is 5.26 Å². The van der Waals surface area contributed by atoms with Crippen LogP contribution in [0.2, 0.25) is 0 Å². The van der Waals surface area contributed by atoms with Crippen LogP contribution in [0.4, 0.5) is 0 Å². The molecule has 11 heteroatoms. The lowest BCUT2D eigenvalue weighted by atomic mass is 9.98. The van der Waals surface area contributed by atoms with Gasteiger partial charge in [-0.15, -0.1) is 10.2 Å². The summed E-state index contributed by atoms with van der Waals surface area (Å²) in [6.45, 7) is 5.37. The highest BCUT2D eigenvalue weighted by Crippen LogP contribution is 2.39. The number of carbonyl (C=O) groups is 1. The molecule has 1 amide bonds. The summed E-state index contributed by atoms with van der Waals surface area (Å²) < 4.78 is 29.3. The molecular formula is C22H28N6O3S2. The Bertz CT molecular complexity index is 1180. The van der Waals surface area contributed by atoms with Crippen molar-refractivity contribution in [3.63, 3.8) is 0 Å². The Kier molecular flexibility index (Phi) is 6.79. The van der Waals surface area contributed by atoms with E-state index in [0.717, 1.165) is 25.7 Å². The van der Waals surface area contributed by atoms with Crippen LogP contribution >= 0.6 is 11.8 Å². The number of aromatic nitrogens is 3. The molecule has 1 aliphatic carbocycles. The van der Waals surface area contributed by atoms with Crippen molar-refractivity contribution in [3.8, 4) is 17.5 Å². The van der Waals surface area contributed by atoms with Gasteiger partial charge >= 0.3 is 0 Å². The van der Waals surface area contributed by atoms with Crippen molar-refractivity contribution in [2.75, 3.05) is 18.8 Å². The Morgan fingerprint density at radius 2 is 2.03 bits per heavy atom. The minimum absolute atomic E-state index is 0.117. The number of benzene rings is 1. The Labute approximate surface area is 198 Å². The van der Waals surface area contributed by atoms with Crippen LogP contribution in [0.1, 0.15) is 39.5 Å². The summed E-state index contributed by atoms with van der Waals surface area (Å²) in [5, 5.41) is 21.4. The number of rotatable bonds is 9. The molecule has 4 rings (SSSR count). The lowest BCUT2D eigenvalue weighted by molar-refractivity contribution is -0.119. The molecule has 176 valence electrons. The summed E-state index contributed by atoms with van der Waals surface area (Å²) in [7, 11) is -3.53. The Hall–Kier alpha value is -2.42. The Balaban J connectivity index is 1.50. The van der Waals surface area contributed by atoms with E-state index in [0.29, 0.717) is 36.2 Å². The summed E-state index contributed by atoms with van der Waals surface area (Å²) in [6, 6.07) is 9.00. The number of nitriles is 1. The largest absolute Gasteiger partial charge is 0.337 e. The molecule has 0 radical (unpaired) electrons. The zero-order chi connectivity index (χ0) is 23.6. The van der Waals surface area contributed by atoms with E-state index in [9.17, 15) is 18.5 Å². The molecule has 9 nitrogen and oxygen atoms in total. The first-order chi connectivity index (χ1) is 15.8. The number of hydrogen-bond acceptors (Lipinski definition) is 7. The van der Waals surface area contributed by atoms with Crippen LogP contribution in [0.5, 0.6) is 0 Å². The van der Waals surface area contributed by atoms with Gasteiger partial charge in [0.1, 0.15) is 5.54 Å². The highest BCUT2D eigenvalue weighted by molar-refractivity contribution is 7.99. The van der Waals surface area contributed by atoms with Crippen molar-refractivity contribution in [1.82, 2.24) is 24.4 Å². The van der Waals surface area contributed by atoms with Gasteiger partial charge in [0.15, 0.2) is 11.0 Å². The van der Waals surface area contributed by atoms with Gasteiger partial charge in [0, 0.05) is 25.2 Å². The summed E-state index contributed by atoms with van der Waals surface area (Å²) in [4.78, 5) is 12.7. The number of thioether (sulfide) groups is 1. The molecular weight excluding hydrogens is 460 g/mol. The topological polar surface area (TPSA) is 121 Å². The molecule has 1 aliphatic heterocycles. The molecule has 2 aliphatic rings. The van der Waals surface area contributed by atoms with Crippen molar-refractivity contribution in [3.05, 3.63) is 24.3 Å². The van der Waals surface area contributed by atoms with Gasteiger partial charge in [-0.05, 0) is 57.6 Å². The van der Waals surface area contributed by atoms with E-state index in [1.807, 2.05) is 17.6 Å². The third kappa shape index (κ3) is 4.93.